The largest absolute Gasteiger partial charge is 0.493 e. The van der Waals surface area contributed by atoms with Crippen LogP contribution < -0.4 is 20.1 Å². The number of pyridine rings is 1. The summed E-state index contributed by atoms with van der Waals surface area (Å²) in [6.45, 7) is 10.0. The van der Waals surface area contributed by atoms with Gasteiger partial charge >= 0.3 is 0 Å². The van der Waals surface area contributed by atoms with Gasteiger partial charge in [-0.2, -0.15) is 0 Å². The van der Waals surface area contributed by atoms with Crippen LogP contribution in [0.2, 0.25) is 0 Å². The summed E-state index contributed by atoms with van der Waals surface area (Å²) in [5, 5.41) is 8.19. The van der Waals surface area contributed by atoms with E-state index in [9.17, 15) is 0 Å². The molecule has 1 aromatic carbocycles. The maximum atomic E-state index is 6.24. The zero-order valence-corrected chi connectivity index (χ0v) is 23.2. The van der Waals surface area contributed by atoms with Gasteiger partial charge in [-0.05, 0) is 96.1 Å². The van der Waals surface area contributed by atoms with Crippen LogP contribution in [0.25, 0.3) is 22.4 Å². The highest BCUT2D eigenvalue weighted by molar-refractivity contribution is 5.95. The second kappa shape index (κ2) is 12.8. The molecule has 0 unspecified atom stereocenters. The molecule has 0 bridgehead atoms. The molecule has 3 aromatic rings. The van der Waals surface area contributed by atoms with Gasteiger partial charge in [0.05, 0.1) is 25.8 Å². The Labute approximate surface area is 226 Å². The number of hydrogen-bond acceptors (Lipinski definition) is 8. The average Bonchev–Trinajstić information content (AvgIpc) is 3.63. The minimum Gasteiger partial charge on any atom is -0.493 e. The van der Waals surface area contributed by atoms with Crippen molar-refractivity contribution in [3.8, 4) is 23.0 Å². The Balaban J connectivity index is 1.42. The van der Waals surface area contributed by atoms with E-state index in [1.54, 1.807) is 7.11 Å². The third-order valence-corrected chi connectivity index (χ3v) is 7.71. The molecule has 8 nitrogen and oxygen atoms in total. The Morgan fingerprint density at radius 2 is 1.87 bits per heavy atom. The Bertz CT molecular complexity index is 1180. The predicted molar refractivity (Wildman–Crippen MR) is 153 cm³/mol. The maximum absolute atomic E-state index is 6.24. The van der Waals surface area contributed by atoms with Crippen molar-refractivity contribution in [1.29, 1.82) is 0 Å². The zero-order valence-electron chi connectivity index (χ0n) is 23.2. The van der Waals surface area contributed by atoms with E-state index in [1.807, 2.05) is 18.2 Å². The molecule has 8 heteroatoms. The summed E-state index contributed by atoms with van der Waals surface area (Å²) in [6.07, 6.45) is 5.84. The highest BCUT2D eigenvalue weighted by atomic mass is 16.5. The normalized spacial score (nSPS) is 17.3. The van der Waals surface area contributed by atoms with Gasteiger partial charge in [0, 0.05) is 29.7 Å². The lowest BCUT2D eigenvalue weighted by atomic mass is 10.0. The number of nitrogens with zero attached hydrogens (tertiary/aromatic N) is 3. The van der Waals surface area contributed by atoms with E-state index in [0.717, 1.165) is 90.7 Å². The van der Waals surface area contributed by atoms with Gasteiger partial charge in [0.2, 0.25) is 0 Å². The molecule has 0 amide bonds. The maximum Gasteiger partial charge on any atom is 0.163 e. The van der Waals surface area contributed by atoms with Crippen molar-refractivity contribution in [2.75, 3.05) is 65.3 Å². The number of ether oxygens (including phenoxy) is 2. The van der Waals surface area contributed by atoms with Crippen LogP contribution in [0.3, 0.4) is 0 Å². The zero-order chi connectivity index (χ0) is 26.3. The van der Waals surface area contributed by atoms with E-state index < -0.39 is 0 Å². The molecule has 5 rings (SSSR count). The molecule has 2 aromatic heterocycles. The summed E-state index contributed by atoms with van der Waals surface area (Å²) in [6, 6.07) is 10.7. The van der Waals surface area contributed by atoms with Crippen molar-refractivity contribution in [2.24, 2.45) is 0 Å². The molecule has 0 aliphatic carbocycles. The van der Waals surface area contributed by atoms with Crippen LogP contribution in [0.5, 0.6) is 11.5 Å². The number of rotatable bonds is 12. The Kier molecular flexibility index (Phi) is 9.04. The molecule has 4 heterocycles. The van der Waals surface area contributed by atoms with Gasteiger partial charge in [-0.15, -0.1) is 0 Å². The third kappa shape index (κ3) is 6.60. The molecule has 2 aliphatic heterocycles. The topological polar surface area (TPSA) is 75.0 Å². The molecular formula is C30H43N5O3. The van der Waals surface area contributed by atoms with Gasteiger partial charge < -0.3 is 34.3 Å². The first kappa shape index (κ1) is 26.8. The molecule has 0 spiro atoms. The van der Waals surface area contributed by atoms with Gasteiger partial charge in [0.25, 0.3) is 0 Å². The van der Waals surface area contributed by atoms with E-state index >= 15 is 0 Å². The number of aromatic nitrogens is 1. The molecule has 2 aliphatic rings. The van der Waals surface area contributed by atoms with Crippen molar-refractivity contribution >= 4 is 16.6 Å². The number of hydrogen-bond donors (Lipinski definition) is 2. The highest BCUT2D eigenvalue weighted by Crippen LogP contribution is 2.38. The van der Waals surface area contributed by atoms with Crippen molar-refractivity contribution < 1.29 is 13.9 Å². The summed E-state index contributed by atoms with van der Waals surface area (Å²) < 4.78 is 18.2. The molecule has 2 fully saturated rings. The summed E-state index contributed by atoms with van der Waals surface area (Å²) in [5.41, 5.74) is 2.75. The lowest BCUT2D eigenvalue weighted by Crippen LogP contribution is -2.36. The van der Waals surface area contributed by atoms with E-state index in [-0.39, 0.29) is 0 Å². The molecule has 0 atom stereocenters. The molecule has 2 saturated heterocycles. The SMILES string of the molecule is CCNCc1ccc(-c2cc(NC3CCN(C)CC3)c3cc(OC)c(OCCCN4CCCC4)cc3n2)o1. The molecule has 38 heavy (non-hydrogen) atoms. The molecule has 2 N–H and O–H groups in total. The molecular weight excluding hydrogens is 478 g/mol. The van der Waals surface area contributed by atoms with Crippen LogP contribution in [0.1, 0.15) is 44.8 Å². The van der Waals surface area contributed by atoms with Crippen molar-refractivity contribution in [3.63, 3.8) is 0 Å². The van der Waals surface area contributed by atoms with E-state index in [0.29, 0.717) is 19.2 Å². The lowest BCUT2D eigenvalue weighted by molar-refractivity contribution is 0.254. The average molecular weight is 522 g/mol. The van der Waals surface area contributed by atoms with E-state index in [1.165, 1.54) is 25.9 Å². The van der Waals surface area contributed by atoms with Crippen molar-refractivity contribution in [2.45, 2.75) is 51.6 Å². The second-order valence-electron chi connectivity index (χ2n) is 10.6. The highest BCUT2D eigenvalue weighted by Gasteiger charge is 2.20. The standard InChI is InChI=1S/C30H43N5O3/c1-4-31-21-23-8-9-28(38-23)27-19-25(32-22-10-15-34(2)16-11-22)24-18-29(36-3)30(20-26(24)33-27)37-17-7-14-35-12-5-6-13-35/h8-9,18-20,22,31H,4-7,10-17,21H2,1-3H3,(H,32,33). The van der Waals surface area contributed by atoms with Crippen molar-refractivity contribution in [3.05, 3.63) is 36.1 Å². The fraction of sp³-hybridized carbons (Fsp3) is 0.567. The molecule has 0 radical (unpaired) electrons. The van der Waals surface area contributed by atoms with Crippen LogP contribution in [-0.4, -0.2) is 80.9 Å². The number of piperidine rings is 1. The summed E-state index contributed by atoms with van der Waals surface area (Å²) in [7, 11) is 3.90. The monoisotopic (exact) mass is 521 g/mol. The number of nitrogens with one attached hydrogen (secondary N) is 2. The van der Waals surface area contributed by atoms with Crippen LogP contribution >= 0.6 is 0 Å². The van der Waals surface area contributed by atoms with Crippen LogP contribution in [0.15, 0.2) is 34.7 Å². The van der Waals surface area contributed by atoms with Crippen LogP contribution in [-0.2, 0) is 6.54 Å². The van der Waals surface area contributed by atoms with Crippen LogP contribution in [0, 0.1) is 0 Å². The predicted octanol–water partition coefficient (Wildman–Crippen LogP) is 4.98. The first-order valence-corrected chi connectivity index (χ1v) is 14.3. The first-order chi connectivity index (χ1) is 18.6. The number of fused-ring (bicyclic) bond motifs is 1. The van der Waals surface area contributed by atoms with Gasteiger partial charge in [0.15, 0.2) is 17.3 Å². The number of anilines is 1. The summed E-state index contributed by atoms with van der Waals surface area (Å²) >= 11 is 0. The summed E-state index contributed by atoms with van der Waals surface area (Å²) in [5.74, 6) is 3.16. The number of likely N-dealkylation sites (tertiary alicyclic amines) is 2. The van der Waals surface area contributed by atoms with Gasteiger partial charge in [0.1, 0.15) is 11.5 Å². The summed E-state index contributed by atoms with van der Waals surface area (Å²) in [4.78, 5) is 9.93. The van der Waals surface area contributed by atoms with Gasteiger partial charge in [-0.3, -0.25) is 0 Å². The molecule has 206 valence electrons. The quantitative estimate of drug-likeness (QED) is 0.323. The Hall–Kier alpha value is -2.81. The Morgan fingerprint density at radius 1 is 1.05 bits per heavy atom. The van der Waals surface area contributed by atoms with Crippen molar-refractivity contribution in [1.82, 2.24) is 20.1 Å². The minimum absolute atomic E-state index is 0.415. The number of methoxy groups -OCH3 is 1. The van der Waals surface area contributed by atoms with E-state index in [2.05, 4.69) is 46.5 Å². The van der Waals surface area contributed by atoms with Gasteiger partial charge in [-0.25, -0.2) is 4.98 Å². The first-order valence-electron chi connectivity index (χ1n) is 14.3. The second-order valence-corrected chi connectivity index (χ2v) is 10.6. The fourth-order valence-corrected chi connectivity index (χ4v) is 5.46. The smallest absolute Gasteiger partial charge is 0.163 e. The molecule has 0 saturated carbocycles. The Morgan fingerprint density at radius 3 is 2.63 bits per heavy atom. The number of benzene rings is 1. The lowest BCUT2D eigenvalue weighted by Gasteiger charge is -2.30. The third-order valence-electron chi connectivity index (χ3n) is 7.71. The van der Waals surface area contributed by atoms with Gasteiger partial charge in [-0.1, -0.05) is 6.92 Å². The van der Waals surface area contributed by atoms with E-state index in [4.69, 9.17) is 18.9 Å². The van der Waals surface area contributed by atoms with Crippen LogP contribution in [0.4, 0.5) is 5.69 Å². The minimum atomic E-state index is 0.415. The fourth-order valence-electron chi connectivity index (χ4n) is 5.46. The number of furan rings is 1.